The minimum atomic E-state index is 0.636. The van der Waals surface area contributed by atoms with Gasteiger partial charge in [-0.05, 0) is 30.5 Å². The van der Waals surface area contributed by atoms with Crippen molar-refractivity contribution in [3.8, 4) is 0 Å². The van der Waals surface area contributed by atoms with E-state index in [2.05, 4.69) is 61.4 Å². The molecule has 0 saturated heterocycles. The fourth-order valence-electron chi connectivity index (χ4n) is 3.64. The molecule has 2 aliphatic rings. The zero-order chi connectivity index (χ0) is 16.1. The molecule has 3 heterocycles. The summed E-state index contributed by atoms with van der Waals surface area (Å²) in [5.41, 5.74) is 5.10. The largest absolute Gasteiger partial charge is 0.361 e. The lowest BCUT2D eigenvalue weighted by Crippen LogP contribution is -2.31. The van der Waals surface area contributed by atoms with E-state index in [0.717, 1.165) is 36.4 Å². The Labute approximate surface area is 149 Å². The minimum absolute atomic E-state index is 0.636. The highest BCUT2D eigenvalue weighted by Gasteiger charge is 2.28. The van der Waals surface area contributed by atoms with Gasteiger partial charge in [-0.3, -0.25) is 4.90 Å². The van der Waals surface area contributed by atoms with Crippen molar-refractivity contribution < 1.29 is 0 Å². The number of hydrogen-bond donors (Lipinski definition) is 1. The number of benzene rings is 1. The van der Waals surface area contributed by atoms with Gasteiger partial charge in [-0.2, -0.15) is 0 Å². The van der Waals surface area contributed by atoms with Crippen molar-refractivity contribution in [2.75, 3.05) is 6.54 Å². The summed E-state index contributed by atoms with van der Waals surface area (Å²) in [4.78, 5) is 15.3. The Bertz CT molecular complexity index is 913. The van der Waals surface area contributed by atoms with Gasteiger partial charge >= 0.3 is 0 Å². The summed E-state index contributed by atoms with van der Waals surface area (Å²) in [6.45, 7) is 2.95. The fraction of sp³-hybridized carbons (Fsp3) is 0.368. The van der Waals surface area contributed by atoms with E-state index in [0.29, 0.717) is 5.92 Å². The first-order valence-corrected chi connectivity index (χ1v) is 9.39. The molecule has 0 radical (unpaired) electrons. The van der Waals surface area contributed by atoms with E-state index >= 15 is 0 Å². The Kier molecular flexibility index (Phi) is 3.45. The van der Waals surface area contributed by atoms with Gasteiger partial charge in [0, 0.05) is 71.0 Å². The zero-order valence-corrected chi connectivity index (χ0v) is 15.0. The van der Waals surface area contributed by atoms with E-state index in [1.54, 1.807) is 0 Å². The molecule has 4 nitrogen and oxygen atoms in total. The lowest BCUT2D eigenvalue weighted by Gasteiger charge is -2.28. The summed E-state index contributed by atoms with van der Waals surface area (Å²) in [5, 5.41) is 1.30. The number of fused-ring (bicyclic) bond motifs is 2. The molecule has 5 heteroatoms. The van der Waals surface area contributed by atoms with Crippen LogP contribution < -0.4 is 0 Å². The molecule has 0 amide bonds. The third kappa shape index (κ3) is 2.56. The van der Waals surface area contributed by atoms with Crippen molar-refractivity contribution in [2.24, 2.45) is 0 Å². The number of rotatable bonds is 3. The standard InChI is InChI=1S/C19H19BrN4/c20-15-2-1-3-17-18(15)14(9-21-17)11-24-7-6-16-13(10-24)8-22-19(23-16)12-4-5-12/h1-3,8-9,12,21H,4-7,10-11H2. The molecule has 1 aliphatic heterocycles. The van der Waals surface area contributed by atoms with Crippen molar-refractivity contribution in [1.29, 1.82) is 0 Å². The van der Waals surface area contributed by atoms with Crippen LogP contribution in [-0.4, -0.2) is 26.4 Å². The van der Waals surface area contributed by atoms with Crippen LogP contribution >= 0.6 is 15.9 Å². The molecule has 1 aromatic carbocycles. The molecule has 122 valence electrons. The van der Waals surface area contributed by atoms with E-state index in [9.17, 15) is 0 Å². The van der Waals surface area contributed by atoms with Crippen LogP contribution in [0.25, 0.3) is 10.9 Å². The summed E-state index contributed by atoms with van der Waals surface area (Å²) in [6, 6.07) is 6.30. The number of H-pyrrole nitrogens is 1. The van der Waals surface area contributed by atoms with Crippen molar-refractivity contribution >= 4 is 26.8 Å². The maximum atomic E-state index is 4.82. The normalized spacial score (nSPS) is 18.0. The lowest BCUT2D eigenvalue weighted by atomic mass is 10.1. The maximum Gasteiger partial charge on any atom is 0.131 e. The van der Waals surface area contributed by atoms with Crippen molar-refractivity contribution in [2.45, 2.75) is 38.3 Å². The van der Waals surface area contributed by atoms with Gasteiger partial charge in [0.2, 0.25) is 0 Å². The van der Waals surface area contributed by atoms with Gasteiger partial charge in [-0.15, -0.1) is 0 Å². The first-order chi connectivity index (χ1) is 11.8. The number of nitrogens with zero attached hydrogens (tertiary/aromatic N) is 3. The third-order valence-electron chi connectivity index (χ3n) is 5.10. The first-order valence-electron chi connectivity index (χ1n) is 8.59. The molecule has 3 aromatic rings. The highest BCUT2D eigenvalue weighted by Crippen LogP contribution is 2.38. The SMILES string of the molecule is Brc1cccc2[nH]cc(CN3CCc4nc(C5CC5)ncc4C3)c12. The Morgan fingerprint density at radius 3 is 3.08 bits per heavy atom. The van der Waals surface area contributed by atoms with Crippen molar-refractivity contribution in [3.63, 3.8) is 0 Å². The quantitative estimate of drug-likeness (QED) is 0.739. The molecule has 0 unspecified atom stereocenters. The average molecular weight is 383 g/mol. The topological polar surface area (TPSA) is 44.8 Å². The van der Waals surface area contributed by atoms with Crippen LogP contribution in [-0.2, 0) is 19.5 Å². The van der Waals surface area contributed by atoms with Gasteiger partial charge in [0.25, 0.3) is 0 Å². The summed E-state index contributed by atoms with van der Waals surface area (Å²) >= 11 is 3.69. The molecule has 1 aliphatic carbocycles. The first kappa shape index (κ1) is 14.6. The third-order valence-corrected chi connectivity index (χ3v) is 5.77. The molecule has 5 rings (SSSR count). The molecule has 24 heavy (non-hydrogen) atoms. The molecule has 1 N–H and O–H groups in total. The Balaban J connectivity index is 1.39. The summed E-state index contributed by atoms with van der Waals surface area (Å²) in [7, 11) is 0. The Hall–Kier alpha value is -1.72. The van der Waals surface area contributed by atoms with Gasteiger partial charge in [0.15, 0.2) is 0 Å². The number of aromatic amines is 1. The number of nitrogens with one attached hydrogen (secondary N) is 1. The van der Waals surface area contributed by atoms with Crippen LogP contribution in [0.5, 0.6) is 0 Å². The number of hydrogen-bond acceptors (Lipinski definition) is 3. The fourth-order valence-corrected chi connectivity index (χ4v) is 4.26. The second kappa shape index (κ2) is 5.67. The second-order valence-corrected chi connectivity index (χ2v) is 7.77. The van der Waals surface area contributed by atoms with Crippen LogP contribution in [0.2, 0.25) is 0 Å². The second-order valence-electron chi connectivity index (χ2n) is 6.91. The summed E-state index contributed by atoms with van der Waals surface area (Å²) in [5.74, 6) is 1.71. The van der Waals surface area contributed by atoms with Crippen LogP contribution in [0.1, 0.15) is 41.4 Å². The molecule has 1 saturated carbocycles. The van der Waals surface area contributed by atoms with Crippen LogP contribution in [0.3, 0.4) is 0 Å². The van der Waals surface area contributed by atoms with E-state index in [1.165, 1.54) is 40.6 Å². The van der Waals surface area contributed by atoms with Crippen molar-refractivity contribution in [3.05, 3.63) is 57.7 Å². The van der Waals surface area contributed by atoms with E-state index in [-0.39, 0.29) is 0 Å². The van der Waals surface area contributed by atoms with Crippen LogP contribution in [0, 0.1) is 0 Å². The zero-order valence-electron chi connectivity index (χ0n) is 13.4. The molecular weight excluding hydrogens is 364 g/mol. The average Bonchev–Trinajstić information content (AvgIpc) is 3.37. The van der Waals surface area contributed by atoms with Gasteiger partial charge in [0.1, 0.15) is 5.82 Å². The van der Waals surface area contributed by atoms with Gasteiger partial charge in [-0.25, -0.2) is 9.97 Å². The van der Waals surface area contributed by atoms with E-state index in [1.807, 2.05) is 0 Å². The Morgan fingerprint density at radius 1 is 1.29 bits per heavy atom. The summed E-state index contributed by atoms with van der Waals surface area (Å²) in [6.07, 6.45) is 7.76. The highest BCUT2D eigenvalue weighted by molar-refractivity contribution is 9.10. The van der Waals surface area contributed by atoms with Gasteiger partial charge in [-0.1, -0.05) is 22.0 Å². The highest BCUT2D eigenvalue weighted by atomic mass is 79.9. The van der Waals surface area contributed by atoms with E-state index in [4.69, 9.17) is 4.98 Å². The summed E-state index contributed by atoms with van der Waals surface area (Å²) < 4.78 is 1.16. The monoisotopic (exact) mass is 382 g/mol. The molecule has 2 aromatic heterocycles. The predicted molar refractivity (Wildman–Crippen MR) is 97.8 cm³/mol. The minimum Gasteiger partial charge on any atom is -0.361 e. The number of halogens is 1. The maximum absolute atomic E-state index is 4.82. The van der Waals surface area contributed by atoms with Gasteiger partial charge in [0.05, 0.1) is 0 Å². The van der Waals surface area contributed by atoms with E-state index < -0.39 is 0 Å². The molecule has 0 spiro atoms. The molecule has 0 bridgehead atoms. The molecular formula is C19H19BrN4. The molecule has 0 atom stereocenters. The predicted octanol–water partition coefficient (Wildman–Crippen LogP) is 4.16. The lowest BCUT2D eigenvalue weighted by molar-refractivity contribution is 0.243. The number of aromatic nitrogens is 3. The van der Waals surface area contributed by atoms with Crippen molar-refractivity contribution in [1.82, 2.24) is 19.9 Å². The van der Waals surface area contributed by atoms with Crippen LogP contribution in [0.15, 0.2) is 35.1 Å². The molecule has 1 fully saturated rings. The smallest absolute Gasteiger partial charge is 0.131 e. The van der Waals surface area contributed by atoms with Gasteiger partial charge < -0.3 is 4.98 Å². The van der Waals surface area contributed by atoms with Crippen LogP contribution in [0.4, 0.5) is 0 Å². The Morgan fingerprint density at radius 2 is 2.21 bits per heavy atom.